The normalized spacial score (nSPS) is 12.2. The van der Waals surface area contributed by atoms with Gasteiger partial charge in [-0.05, 0) is 31.8 Å². The Labute approximate surface area is 107 Å². The molecule has 0 bridgehead atoms. The lowest BCUT2D eigenvalue weighted by Crippen LogP contribution is -2.29. The Balaban J connectivity index is 3.51. The molecule has 0 aromatic heterocycles. The van der Waals surface area contributed by atoms with Crippen molar-refractivity contribution in [1.82, 2.24) is 10.0 Å². The first-order chi connectivity index (χ1) is 7.98. The van der Waals surface area contributed by atoms with E-state index < -0.39 is 10.0 Å². The second-order valence-electron chi connectivity index (χ2n) is 4.81. The molecule has 104 valence electrons. The molecule has 0 amide bonds. The van der Waals surface area contributed by atoms with Crippen LogP contribution >= 0.6 is 0 Å². The molecule has 0 saturated heterocycles. The Hall–Kier alpha value is -0.130. The summed E-state index contributed by atoms with van der Waals surface area (Å²) in [5.41, 5.74) is 0. The lowest BCUT2D eigenvalue weighted by atomic mass is 10.1. The first-order valence-corrected chi connectivity index (χ1v) is 8.31. The molecule has 0 aromatic carbocycles. The minimum absolute atomic E-state index is 0.226. The quantitative estimate of drug-likeness (QED) is 0.559. The van der Waals surface area contributed by atoms with Crippen LogP contribution in [0.1, 0.15) is 46.5 Å². The van der Waals surface area contributed by atoms with Gasteiger partial charge in [0, 0.05) is 6.54 Å². The molecule has 2 N–H and O–H groups in total. The summed E-state index contributed by atoms with van der Waals surface area (Å²) in [5.74, 6) is 0.927. The zero-order chi connectivity index (χ0) is 13.1. The van der Waals surface area contributed by atoms with Gasteiger partial charge in [0.1, 0.15) is 0 Å². The second kappa shape index (κ2) is 9.85. The largest absolute Gasteiger partial charge is 0.317 e. The predicted octanol–water partition coefficient (Wildman–Crippen LogP) is 1.73. The van der Waals surface area contributed by atoms with Gasteiger partial charge in [-0.2, -0.15) is 0 Å². The zero-order valence-corrected chi connectivity index (χ0v) is 12.3. The summed E-state index contributed by atoms with van der Waals surface area (Å²) in [5, 5.41) is 3.12. The second-order valence-corrected chi connectivity index (χ2v) is 6.74. The summed E-state index contributed by atoms with van der Waals surface area (Å²) >= 11 is 0. The van der Waals surface area contributed by atoms with E-state index in [1.807, 2.05) is 6.92 Å². The van der Waals surface area contributed by atoms with Crippen molar-refractivity contribution in [1.29, 1.82) is 0 Å². The highest BCUT2D eigenvalue weighted by atomic mass is 32.2. The molecule has 0 saturated carbocycles. The van der Waals surface area contributed by atoms with E-state index >= 15 is 0 Å². The highest BCUT2D eigenvalue weighted by molar-refractivity contribution is 7.89. The summed E-state index contributed by atoms with van der Waals surface area (Å²) < 4.78 is 25.8. The fraction of sp³-hybridized carbons (Fsp3) is 1.00. The van der Waals surface area contributed by atoms with E-state index in [0.717, 1.165) is 25.9 Å². The maximum Gasteiger partial charge on any atom is 0.211 e. The van der Waals surface area contributed by atoms with Crippen molar-refractivity contribution in [2.45, 2.75) is 46.5 Å². The smallest absolute Gasteiger partial charge is 0.211 e. The Morgan fingerprint density at radius 2 is 1.76 bits per heavy atom. The minimum atomic E-state index is -3.05. The minimum Gasteiger partial charge on any atom is -0.317 e. The Kier molecular flexibility index (Phi) is 9.78. The summed E-state index contributed by atoms with van der Waals surface area (Å²) in [6.07, 6.45) is 3.87. The molecule has 0 aliphatic rings. The van der Waals surface area contributed by atoms with Crippen LogP contribution in [0.5, 0.6) is 0 Å². The van der Waals surface area contributed by atoms with Crippen LogP contribution in [0.3, 0.4) is 0 Å². The van der Waals surface area contributed by atoms with Crippen molar-refractivity contribution < 1.29 is 8.42 Å². The van der Waals surface area contributed by atoms with Gasteiger partial charge in [0.2, 0.25) is 10.0 Å². The molecule has 5 heteroatoms. The molecular formula is C12H28N2O2S. The monoisotopic (exact) mass is 264 g/mol. The van der Waals surface area contributed by atoms with Gasteiger partial charge >= 0.3 is 0 Å². The number of rotatable bonds is 11. The number of sulfonamides is 1. The van der Waals surface area contributed by atoms with E-state index in [2.05, 4.69) is 23.9 Å². The van der Waals surface area contributed by atoms with Crippen LogP contribution in [-0.2, 0) is 10.0 Å². The summed E-state index contributed by atoms with van der Waals surface area (Å²) in [4.78, 5) is 0. The molecule has 0 aliphatic carbocycles. The van der Waals surface area contributed by atoms with Crippen LogP contribution in [0.2, 0.25) is 0 Å². The number of nitrogens with one attached hydrogen (secondary N) is 2. The summed E-state index contributed by atoms with van der Waals surface area (Å²) in [6, 6.07) is 0. The average molecular weight is 264 g/mol. The van der Waals surface area contributed by atoms with Gasteiger partial charge in [-0.25, -0.2) is 13.1 Å². The molecule has 0 aromatic rings. The fourth-order valence-corrected chi connectivity index (χ4v) is 2.67. The third-order valence-electron chi connectivity index (χ3n) is 2.55. The number of unbranched alkanes of at least 4 members (excludes halogenated alkanes) is 1. The van der Waals surface area contributed by atoms with Crippen molar-refractivity contribution in [2.24, 2.45) is 5.92 Å². The molecule has 17 heavy (non-hydrogen) atoms. The average Bonchev–Trinajstić information content (AvgIpc) is 2.23. The Morgan fingerprint density at radius 1 is 1.06 bits per heavy atom. The van der Waals surface area contributed by atoms with E-state index in [1.54, 1.807) is 0 Å². The number of hydrogen-bond donors (Lipinski definition) is 2. The highest BCUT2D eigenvalue weighted by Crippen LogP contribution is 2.05. The van der Waals surface area contributed by atoms with Crippen LogP contribution in [0, 0.1) is 5.92 Å². The zero-order valence-electron chi connectivity index (χ0n) is 11.5. The van der Waals surface area contributed by atoms with Crippen molar-refractivity contribution in [3.05, 3.63) is 0 Å². The summed E-state index contributed by atoms with van der Waals surface area (Å²) in [6.45, 7) is 8.63. The molecule has 0 fully saturated rings. The van der Waals surface area contributed by atoms with Crippen molar-refractivity contribution >= 4 is 10.0 Å². The molecule has 0 heterocycles. The van der Waals surface area contributed by atoms with Crippen LogP contribution in [0.25, 0.3) is 0 Å². The van der Waals surface area contributed by atoms with Crippen LogP contribution in [-0.4, -0.2) is 33.8 Å². The SMILES string of the molecule is CCNCCCS(=O)(=O)NCCCCC(C)C. The van der Waals surface area contributed by atoms with Gasteiger partial charge < -0.3 is 5.32 Å². The van der Waals surface area contributed by atoms with Gasteiger partial charge in [-0.1, -0.05) is 33.6 Å². The molecule has 0 rings (SSSR count). The Morgan fingerprint density at radius 3 is 2.35 bits per heavy atom. The predicted molar refractivity (Wildman–Crippen MR) is 73.6 cm³/mol. The van der Waals surface area contributed by atoms with E-state index in [9.17, 15) is 8.42 Å². The Bertz CT molecular complexity index is 264. The first-order valence-electron chi connectivity index (χ1n) is 6.66. The third-order valence-corrected chi connectivity index (χ3v) is 4.02. The van der Waals surface area contributed by atoms with Crippen LogP contribution in [0.15, 0.2) is 0 Å². The van der Waals surface area contributed by atoms with Gasteiger partial charge in [0.05, 0.1) is 5.75 Å². The van der Waals surface area contributed by atoms with E-state index in [4.69, 9.17) is 0 Å². The maximum absolute atomic E-state index is 11.6. The fourth-order valence-electron chi connectivity index (χ4n) is 1.54. The standard InChI is InChI=1S/C12H28N2O2S/c1-4-13-9-7-11-17(15,16)14-10-6-5-8-12(2)3/h12-14H,4-11H2,1-3H3. The van der Waals surface area contributed by atoms with Gasteiger partial charge in [-0.15, -0.1) is 0 Å². The molecular weight excluding hydrogens is 236 g/mol. The lowest BCUT2D eigenvalue weighted by molar-refractivity contribution is 0.530. The summed E-state index contributed by atoms with van der Waals surface area (Å²) in [7, 11) is -3.05. The lowest BCUT2D eigenvalue weighted by Gasteiger charge is -2.07. The molecule has 4 nitrogen and oxygen atoms in total. The van der Waals surface area contributed by atoms with Gasteiger partial charge in [0.15, 0.2) is 0 Å². The molecule has 0 aliphatic heterocycles. The van der Waals surface area contributed by atoms with Gasteiger partial charge in [-0.3, -0.25) is 0 Å². The maximum atomic E-state index is 11.6. The van der Waals surface area contributed by atoms with Crippen molar-refractivity contribution in [2.75, 3.05) is 25.4 Å². The van der Waals surface area contributed by atoms with Crippen molar-refractivity contribution in [3.63, 3.8) is 0 Å². The molecule has 0 unspecified atom stereocenters. The van der Waals surface area contributed by atoms with E-state index in [1.165, 1.54) is 6.42 Å². The van der Waals surface area contributed by atoms with E-state index in [0.29, 0.717) is 18.9 Å². The third kappa shape index (κ3) is 12.1. The van der Waals surface area contributed by atoms with Crippen LogP contribution in [0.4, 0.5) is 0 Å². The van der Waals surface area contributed by atoms with Gasteiger partial charge in [0.25, 0.3) is 0 Å². The molecule has 0 spiro atoms. The highest BCUT2D eigenvalue weighted by Gasteiger charge is 2.08. The van der Waals surface area contributed by atoms with E-state index in [-0.39, 0.29) is 5.75 Å². The number of hydrogen-bond acceptors (Lipinski definition) is 3. The first kappa shape index (κ1) is 16.9. The molecule has 0 atom stereocenters. The molecule has 0 radical (unpaired) electrons. The topological polar surface area (TPSA) is 58.2 Å². The van der Waals surface area contributed by atoms with Crippen molar-refractivity contribution in [3.8, 4) is 0 Å². The van der Waals surface area contributed by atoms with Crippen LogP contribution < -0.4 is 10.0 Å².